The highest BCUT2D eigenvalue weighted by molar-refractivity contribution is 6.28. The molecule has 128 heavy (non-hydrogen) atoms. The van der Waals surface area contributed by atoms with Gasteiger partial charge in [-0.1, -0.05) is 394 Å². The molecule has 0 saturated carbocycles. The minimum absolute atomic E-state index is 0.179. The van der Waals surface area contributed by atoms with Crippen LogP contribution in [0.25, 0.3) is 263 Å². The standard InChI is InChI=1S/C46H28O.C42H26O.C37H24O/c1-2-12-29(13-3-1)45-36-18-8-10-20-38(36)46(39-21-11-9-19-37(39)45)40-24-23-33(34-16-6-7-17-35(34)40)32-22-25-43-41(27-32)42-26-30-14-4-5-15-31(30)28-44(42)47-43;1-3-13-27(14-4-1)39-32-19-9-11-21-34(32)40(35-22-12-10-20-33(35)39)30-23-24-37-36(25-30)42-38(43-37)26-29-17-7-8-18-31(29)41(42)28-15-5-2-6-16-28;1-23-27-14-6-5-13-25(27)22-34-35(23)32-21-26(19-20-33(32)38-34)37-30-17-9-7-15-28(30)36(24-11-3-2-4-12-24)29-16-8-10-18-31(29)37/h1-28H;1-26H;2-22H,1H3/i8D,9D,10D,11D,18D,19D,20D,21D;9D,10D,11D,12D,19D,20D,21D,22D;7D,8D,9D,10D,15D,16D,17D,18D. The first-order chi connectivity index (χ1) is 73.4. The van der Waals surface area contributed by atoms with Gasteiger partial charge < -0.3 is 13.3 Å². The van der Waals surface area contributed by atoms with E-state index < -0.39 is 72.5 Å². The van der Waals surface area contributed by atoms with Gasteiger partial charge in [0.1, 0.15) is 33.5 Å². The molecule has 0 N–H and O–H groups in total. The van der Waals surface area contributed by atoms with Crippen molar-refractivity contribution in [3.63, 3.8) is 0 Å². The predicted octanol–water partition coefficient (Wildman–Crippen LogP) is 35.9. The summed E-state index contributed by atoms with van der Waals surface area (Å²) in [5.41, 5.74) is 14.4. The normalized spacial score (nSPS) is 14.4. The van der Waals surface area contributed by atoms with E-state index in [4.69, 9.17) is 35.2 Å². The molecule has 0 fully saturated rings. The van der Waals surface area contributed by atoms with E-state index in [2.05, 4.69) is 54.6 Å². The molecule has 0 aliphatic heterocycles. The van der Waals surface area contributed by atoms with Crippen LogP contribution in [-0.2, 0) is 0 Å². The fourth-order valence-corrected chi connectivity index (χ4v) is 19.5. The first-order valence-corrected chi connectivity index (χ1v) is 42.1. The molecular formula is C125H78O3. The molecule has 0 spiro atoms. The second-order valence-corrected chi connectivity index (χ2v) is 32.0. The van der Waals surface area contributed by atoms with Gasteiger partial charge in [0.05, 0.1) is 32.9 Å². The summed E-state index contributed by atoms with van der Waals surface area (Å²) in [5, 5.41) is 15.7. The SMILES string of the molecule is [2H]c1c([2H])c([2H])c2c(-c3ccc(-c4ccc5oc6cc7ccccc7cc6c5c4)c4ccccc34)c3c([2H])c([2H])c([2H])c([2H])c3c(-c3ccccc3)c2c1[2H].[2H]c1c([2H])c([2H])c2c(-c3ccc4oc5cc6ccccc6c(-c6ccccc6)c5c4c3)c3c([2H])c([2H])c([2H])c([2H])c3c(-c3ccccc3)c2c1[2H].[2H]c1c([2H])c([2H])c2c(-c3ccc4oc5cc6ccccc6c(C)c5c4c3)c3c([2H])c([2H])c([2H])c([2H])c3c(-c3ccccc3)c2c1[2H]. The van der Waals surface area contributed by atoms with Gasteiger partial charge in [0.2, 0.25) is 0 Å². The van der Waals surface area contributed by atoms with Gasteiger partial charge in [-0.05, 0) is 264 Å². The predicted molar refractivity (Wildman–Crippen MR) is 544 cm³/mol. The van der Waals surface area contributed by atoms with Crippen LogP contribution in [0.15, 0.2) is 468 Å². The number of benzene rings is 24. The van der Waals surface area contributed by atoms with Gasteiger partial charge in [-0.15, -0.1) is 0 Å². The summed E-state index contributed by atoms with van der Waals surface area (Å²) in [6, 6.07) is 90.1. The van der Waals surface area contributed by atoms with Gasteiger partial charge in [0.15, 0.2) is 0 Å². The molecular weight excluding hydrogens is 1550 g/mol. The van der Waals surface area contributed by atoms with E-state index in [1.807, 2.05) is 177 Å². The van der Waals surface area contributed by atoms with Crippen LogP contribution in [0.3, 0.4) is 0 Å². The summed E-state index contributed by atoms with van der Waals surface area (Å²) in [7, 11) is 0. The van der Waals surface area contributed by atoms with Crippen LogP contribution in [0.5, 0.6) is 0 Å². The maximum atomic E-state index is 9.34. The molecule has 0 atom stereocenters. The lowest BCUT2D eigenvalue weighted by atomic mass is 9.84. The molecule has 3 aromatic heterocycles. The summed E-state index contributed by atoms with van der Waals surface area (Å²) in [5.74, 6) is 0. The van der Waals surface area contributed by atoms with Gasteiger partial charge in [-0.25, -0.2) is 0 Å². The largest absolute Gasteiger partial charge is 0.456 e. The molecule has 3 nitrogen and oxygen atoms in total. The van der Waals surface area contributed by atoms with E-state index in [0.717, 1.165) is 114 Å². The van der Waals surface area contributed by atoms with Gasteiger partial charge in [-0.2, -0.15) is 0 Å². The average Bonchev–Trinajstić information content (AvgIpc) is 0.909. The number of hydrogen-bond donors (Lipinski definition) is 0. The maximum absolute atomic E-state index is 9.34. The van der Waals surface area contributed by atoms with Crippen molar-refractivity contribution in [3.05, 3.63) is 460 Å². The summed E-state index contributed by atoms with van der Waals surface area (Å²) in [6.07, 6.45) is 0. The van der Waals surface area contributed by atoms with Gasteiger partial charge in [-0.3, -0.25) is 0 Å². The van der Waals surface area contributed by atoms with Crippen molar-refractivity contribution in [2.24, 2.45) is 0 Å². The Kier molecular flexibility index (Phi) is 12.7. The Morgan fingerprint density at radius 3 is 0.883 bits per heavy atom. The molecule has 24 aromatic carbocycles. The van der Waals surface area contributed by atoms with Crippen LogP contribution in [0.1, 0.15) is 38.5 Å². The average molecular weight is 1650 g/mol. The Morgan fingerprint density at radius 1 is 0.164 bits per heavy atom. The van der Waals surface area contributed by atoms with Crippen molar-refractivity contribution in [3.8, 4) is 89.0 Å². The van der Waals surface area contributed by atoms with E-state index in [0.29, 0.717) is 89.1 Å². The van der Waals surface area contributed by atoms with Crippen molar-refractivity contribution in [2.45, 2.75) is 6.92 Å². The molecule has 0 radical (unpaired) electrons. The van der Waals surface area contributed by atoms with E-state index in [1.165, 1.54) is 0 Å². The van der Waals surface area contributed by atoms with E-state index in [9.17, 15) is 11.0 Å². The Morgan fingerprint density at radius 2 is 0.445 bits per heavy atom. The zero-order valence-electron chi connectivity index (χ0n) is 92.2. The summed E-state index contributed by atoms with van der Waals surface area (Å²) in [4.78, 5) is 0. The summed E-state index contributed by atoms with van der Waals surface area (Å²) >= 11 is 0. The number of aryl methyl sites for hydroxylation is 1. The first-order valence-electron chi connectivity index (χ1n) is 54.1. The smallest absolute Gasteiger partial charge is 0.136 e. The number of rotatable bonds is 8. The third-order valence-electron chi connectivity index (χ3n) is 25.0. The van der Waals surface area contributed by atoms with Gasteiger partial charge in [0.25, 0.3) is 0 Å². The molecule has 596 valence electrons. The Labute approximate surface area is 771 Å². The zero-order valence-corrected chi connectivity index (χ0v) is 68.2. The maximum Gasteiger partial charge on any atom is 0.136 e. The highest BCUT2D eigenvalue weighted by Gasteiger charge is 2.26. The van der Waals surface area contributed by atoms with Gasteiger partial charge >= 0.3 is 0 Å². The fourth-order valence-electron chi connectivity index (χ4n) is 19.5. The monoisotopic (exact) mass is 1650 g/mol. The Hall–Kier alpha value is -16.7. The Balaban J connectivity index is 0.000000118. The van der Waals surface area contributed by atoms with Crippen molar-refractivity contribution in [1.29, 1.82) is 0 Å². The van der Waals surface area contributed by atoms with Crippen LogP contribution >= 0.6 is 0 Å². The number of hydrogen-bond acceptors (Lipinski definition) is 3. The van der Waals surface area contributed by atoms with Crippen molar-refractivity contribution in [1.82, 2.24) is 0 Å². The van der Waals surface area contributed by atoms with E-state index >= 15 is 0 Å². The van der Waals surface area contributed by atoms with Crippen LogP contribution in [0.4, 0.5) is 0 Å². The lowest BCUT2D eigenvalue weighted by Gasteiger charge is -2.19. The van der Waals surface area contributed by atoms with Crippen LogP contribution in [-0.4, -0.2) is 0 Å². The molecule has 0 saturated heterocycles. The lowest BCUT2D eigenvalue weighted by Crippen LogP contribution is -1.92. The van der Waals surface area contributed by atoms with Crippen LogP contribution in [0.2, 0.25) is 0 Å². The third kappa shape index (κ3) is 12.1. The molecule has 3 heteroatoms. The fraction of sp³-hybridized carbons (Fsp3) is 0.00800. The molecule has 0 aliphatic rings. The molecule has 3 heterocycles. The topological polar surface area (TPSA) is 39.4 Å². The van der Waals surface area contributed by atoms with Crippen molar-refractivity contribution < 1.29 is 46.1 Å². The van der Waals surface area contributed by atoms with Gasteiger partial charge in [0, 0.05) is 37.9 Å². The minimum atomic E-state index is -0.430. The molecule has 0 unspecified atom stereocenters. The highest BCUT2D eigenvalue weighted by atomic mass is 16.3. The minimum Gasteiger partial charge on any atom is -0.456 e. The number of fused-ring (bicyclic) bond motifs is 19. The second kappa shape index (κ2) is 30.4. The van der Waals surface area contributed by atoms with Crippen molar-refractivity contribution >= 4 is 174 Å². The quantitative estimate of drug-likeness (QED) is 0.142. The van der Waals surface area contributed by atoms with E-state index in [-0.39, 0.29) is 137 Å². The van der Waals surface area contributed by atoms with E-state index in [1.54, 1.807) is 84.9 Å². The molecule has 27 aromatic rings. The van der Waals surface area contributed by atoms with Crippen LogP contribution in [0, 0.1) is 6.92 Å². The first kappa shape index (κ1) is 53.3. The van der Waals surface area contributed by atoms with Crippen molar-refractivity contribution in [2.75, 3.05) is 0 Å². The molecule has 0 bridgehead atoms. The Bertz CT molecular complexity index is 10500. The summed E-state index contributed by atoms with van der Waals surface area (Å²) < 4.78 is 234. The second-order valence-electron chi connectivity index (χ2n) is 32.0. The molecule has 27 rings (SSSR count). The molecule has 0 amide bonds. The lowest BCUT2D eigenvalue weighted by molar-refractivity contribution is 0.669. The number of furan rings is 3. The summed E-state index contributed by atoms with van der Waals surface area (Å²) in [6.45, 7) is 2.04. The highest BCUT2D eigenvalue weighted by Crippen LogP contribution is 2.52. The zero-order chi connectivity index (χ0) is 105. The molecule has 0 aliphatic carbocycles. The third-order valence-corrected chi connectivity index (χ3v) is 25.0. The van der Waals surface area contributed by atoms with Crippen LogP contribution < -0.4 is 0 Å².